The monoisotopic (exact) mass is 328 g/mol. The molecule has 24 heavy (non-hydrogen) atoms. The van der Waals surface area contributed by atoms with Gasteiger partial charge in [0.15, 0.2) is 11.5 Å². The van der Waals surface area contributed by atoms with Gasteiger partial charge >= 0.3 is 5.97 Å². The average Bonchev–Trinajstić information content (AvgIpc) is 2.55. The standard InChI is InChI=1S/C20H24O4/c1-4-23-19-13-15(10-11-18(19)24-14(2)3)12-17(20(21)22)16-8-6-5-7-9-16/h5-11,13-14,17H,4,12H2,1-3H3,(H,21,22). The number of ether oxygens (including phenoxy) is 2. The molecule has 0 aliphatic heterocycles. The second kappa shape index (κ2) is 8.39. The van der Waals surface area contributed by atoms with Gasteiger partial charge in [-0.3, -0.25) is 4.79 Å². The molecule has 1 atom stereocenters. The quantitative estimate of drug-likeness (QED) is 0.785. The third-order valence-electron chi connectivity index (χ3n) is 3.61. The van der Waals surface area contributed by atoms with Gasteiger partial charge in [0.2, 0.25) is 0 Å². The molecule has 0 saturated carbocycles. The molecule has 0 bridgehead atoms. The number of carbonyl (C=O) groups is 1. The van der Waals surface area contributed by atoms with E-state index >= 15 is 0 Å². The van der Waals surface area contributed by atoms with Gasteiger partial charge in [0.05, 0.1) is 18.6 Å². The molecule has 0 spiro atoms. The third-order valence-corrected chi connectivity index (χ3v) is 3.61. The van der Waals surface area contributed by atoms with Gasteiger partial charge in [-0.15, -0.1) is 0 Å². The Morgan fingerprint density at radius 2 is 1.79 bits per heavy atom. The molecule has 0 aliphatic rings. The van der Waals surface area contributed by atoms with E-state index in [0.717, 1.165) is 11.1 Å². The van der Waals surface area contributed by atoms with Crippen LogP contribution in [-0.2, 0) is 11.2 Å². The van der Waals surface area contributed by atoms with Crippen molar-refractivity contribution in [1.82, 2.24) is 0 Å². The van der Waals surface area contributed by atoms with Crippen LogP contribution in [0.15, 0.2) is 48.5 Å². The molecule has 0 radical (unpaired) electrons. The number of aliphatic carboxylic acids is 1. The molecule has 128 valence electrons. The van der Waals surface area contributed by atoms with Crippen LogP contribution >= 0.6 is 0 Å². The van der Waals surface area contributed by atoms with E-state index in [0.29, 0.717) is 24.5 Å². The van der Waals surface area contributed by atoms with Crippen molar-refractivity contribution in [3.8, 4) is 11.5 Å². The summed E-state index contributed by atoms with van der Waals surface area (Å²) in [5.41, 5.74) is 1.70. The van der Waals surface area contributed by atoms with Crippen LogP contribution < -0.4 is 9.47 Å². The third kappa shape index (κ3) is 4.75. The highest BCUT2D eigenvalue weighted by Gasteiger charge is 2.21. The first kappa shape index (κ1) is 17.9. The van der Waals surface area contributed by atoms with E-state index in [2.05, 4.69) is 0 Å². The Morgan fingerprint density at radius 3 is 2.38 bits per heavy atom. The average molecular weight is 328 g/mol. The van der Waals surface area contributed by atoms with Crippen molar-refractivity contribution < 1.29 is 19.4 Å². The summed E-state index contributed by atoms with van der Waals surface area (Å²) in [5, 5.41) is 9.58. The van der Waals surface area contributed by atoms with Crippen LogP contribution in [0.4, 0.5) is 0 Å². The molecular formula is C20H24O4. The number of hydrogen-bond donors (Lipinski definition) is 1. The minimum Gasteiger partial charge on any atom is -0.490 e. The van der Waals surface area contributed by atoms with Crippen LogP contribution in [-0.4, -0.2) is 23.8 Å². The normalized spacial score (nSPS) is 12.0. The van der Waals surface area contributed by atoms with Crippen molar-refractivity contribution in [2.45, 2.75) is 39.2 Å². The van der Waals surface area contributed by atoms with E-state index in [9.17, 15) is 9.90 Å². The smallest absolute Gasteiger partial charge is 0.311 e. The summed E-state index contributed by atoms with van der Waals surface area (Å²) in [4.78, 5) is 11.7. The molecule has 0 heterocycles. The Bertz CT molecular complexity index is 665. The molecule has 1 unspecified atom stereocenters. The van der Waals surface area contributed by atoms with Crippen molar-refractivity contribution in [3.63, 3.8) is 0 Å². The van der Waals surface area contributed by atoms with Gasteiger partial charge in [0.1, 0.15) is 0 Å². The van der Waals surface area contributed by atoms with Crippen LogP contribution in [0.5, 0.6) is 11.5 Å². The molecule has 1 N–H and O–H groups in total. The van der Waals surface area contributed by atoms with Gasteiger partial charge in [0.25, 0.3) is 0 Å². The van der Waals surface area contributed by atoms with Crippen LogP contribution in [0.1, 0.15) is 37.8 Å². The Hall–Kier alpha value is -2.49. The Balaban J connectivity index is 2.27. The summed E-state index contributed by atoms with van der Waals surface area (Å²) >= 11 is 0. The molecule has 4 heteroatoms. The first-order chi connectivity index (χ1) is 11.5. The maximum Gasteiger partial charge on any atom is 0.311 e. The maximum absolute atomic E-state index is 11.7. The van der Waals surface area contributed by atoms with Crippen molar-refractivity contribution in [3.05, 3.63) is 59.7 Å². The minimum atomic E-state index is -0.832. The summed E-state index contributed by atoms with van der Waals surface area (Å²) < 4.78 is 11.4. The highest BCUT2D eigenvalue weighted by Crippen LogP contribution is 2.31. The molecule has 2 rings (SSSR count). The number of carboxylic acids is 1. The molecule has 0 amide bonds. The number of benzene rings is 2. The van der Waals surface area contributed by atoms with Crippen molar-refractivity contribution in [2.75, 3.05) is 6.61 Å². The maximum atomic E-state index is 11.7. The highest BCUT2D eigenvalue weighted by molar-refractivity contribution is 5.76. The van der Waals surface area contributed by atoms with E-state index in [4.69, 9.17) is 9.47 Å². The van der Waals surface area contributed by atoms with Crippen LogP contribution in [0.25, 0.3) is 0 Å². The predicted molar refractivity (Wildman–Crippen MR) is 93.9 cm³/mol. The zero-order valence-corrected chi connectivity index (χ0v) is 14.4. The second-order valence-corrected chi connectivity index (χ2v) is 5.89. The predicted octanol–water partition coefficient (Wildman–Crippen LogP) is 4.28. The number of rotatable bonds is 8. The van der Waals surface area contributed by atoms with E-state index in [1.54, 1.807) is 0 Å². The topological polar surface area (TPSA) is 55.8 Å². The van der Waals surface area contributed by atoms with Crippen molar-refractivity contribution >= 4 is 5.97 Å². The molecule has 0 fully saturated rings. The second-order valence-electron chi connectivity index (χ2n) is 5.89. The fraction of sp³-hybridized carbons (Fsp3) is 0.350. The Morgan fingerprint density at radius 1 is 1.08 bits per heavy atom. The summed E-state index contributed by atoms with van der Waals surface area (Å²) in [6.45, 7) is 6.35. The summed E-state index contributed by atoms with van der Waals surface area (Å²) in [6.07, 6.45) is 0.452. The van der Waals surface area contributed by atoms with Crippen LogP contribution in [0.2, 0.25) is 0 Å². The molecule has 0 saturated heterocycles. The lowest BCUT2D eigenvalue weighted by molar-refractivity contribution is -0.138. The van der Waals surface area contributed by atoms with Gasteiger partial charge < -0.3 is 14.6 Å². The molecule has 2 aromatic rings. The van der Waals surface area contributed by atoms with Crippen LogP contribution in [0, 0.1) is 0 Å². The molecule has 0 aromatic heterocycles. The Labute approximate surface area is 143 Å². The van der Waals surface area contributed by atoms with Crippen LogP contribution in [0.3, 0.4) is 0 Å². The zero-order chi connectivity index (χ0) is 17.5. The SMILES string of the molecule is CCOc1cc(CC(C(=O)O)c2ccccc2)ccc1OC(C)C. The van der Waals surface area contributed by atoms with Gasteiger partial charge in [-0.05, 0) is 50.5 Å². The summed E-state index contributed by atoms with van der Waals surface area (Å²) in [7, 11) is 0. The lowest BCUT2D eigenvalue weighted by Crippen LogP contribution is -2.14. The van der Waals surface area contributed by atoms with Gasteiger partial charge in [-0.25, -0.2) is 0 Å². The fourth-order valence-electron chi connectivity index (χ4n) is 2.57. The first-order valence-corrected chi connectivity index (χ1v) is 8.21. The lowest BCUT2D eigenvalue weighted by atomic mass is 9.92. The van der Waals surface area contributed by atoms with Gasteiger partial charge in [-0.1, -0.05) is 36.4 Å². The molecule has 0 aliphatic carbocycles. The summed E-state index contributed by atoms with van der Waals surface area (Å²) in [6, 6.07) is 14.9. The highest BCUT2D eigenvalue weighted by atomic mass is 16.5. The van der Waals surface area contributed by atoms with Crippen molar-refractivity contribution in [2.24, 2.45) is 0 Å². The van der Waals surface area contributed by atoms with E-state index < -0.39 is 11.9 Å². The zero-order valence-electron chi connectivity index (χ0n) is 14.4. The molecule has 4 nitrogen and oxygen atoms in total. The van der Waals surface area contributed by atoms with Gasteiger partial charge in [-0.2, -0.15) is 0 Å². The van der Waals surface area contributed by atoms with Crippen molar-refractivity contribution in [1.29, 1.82) is 0 Å². The minimum absolute atomic E-state index is 0.0474. The largest absolute Gasteiger partial charge is 0.490 e. The molecule has 2 aromatic carbocycles. The molecular weight excluding hydrogens is 304 g/mol. The Kier molecular flexibility index (Phi) is 6.24. The van der Waals surface area contributed by atoms with Gasteiger partial charge in [0, 0.05) is 0 Å². The number of hydrogen-bond acceptors (Lipinski definition) is 3. The van der Waals surface area contributed by atoms with E-state index in [1.165, 1.54) is 0 Å². The first-order valence-electron chi connectivity index (χ1n) is 8.21. The van der Waals surface area contributed by atoms with E-state index in [-0.39, 0.29) is 6.10 Å². The summed E-state index contributed by atoms with van der Waals surface area (Å²) in [5.74, 6) is -0.0812. The van der Waals surface area contributed by atoms with E-state index in [1.807, 2.05) is 69.3 Å². The number of carboxylic acid groups (broad SMARTS) is 1. The lowest BCUT2D eigenvalue weighted by Gasteiger charge is -2.17. The fourth-order valence-corrected chi connectivity index (χ4v) is 2.57.